The van der Waals surface area contributed by atoms with Crippen molar-refractivity contribution >= 4 is 21.7 Å². The average molecular weight is 296 g/mol. The number of piperidine rings is 1. The van der Waals surface area contributed by atoms with Gasteiger partial charge in [-0.15, -0.1) is 0 Å². The number of nitrogens with zero attached hydrogens (tertiary/aromatic N) is 1. The Bertz CT molecular complexity index is 418. The van der Waals surface area contributed by atoms with Crippen molar-refractivity contribution in [3.8, 4) is 0 Å². The van der Waals surface area contributed by atoms with E-state index in [0.717, 1.165) is 17.6 Å². The van der Waals surface area contributed by atoms with Gasteiger partial charge in [-0.05, 0) is 18.6 Å². The summed E-state index contributed by atoms with van der Waals surface area (Å²) in [7, 11) is 0. The van der Waals surface area contributed by atoms with Gasteiger partial charge in [-0.2, -0.15) is 0 Å². The van der Waals surface area contributed by atoms with E-state index in [1.165, 1.54) is 5.56 Å². The van der Waals surface area contributed by atoms with Crippen molar-refractivity contribution in [3.05, 3.63) is 34.3 Å². The Kier molecular flexibility index (Phi) is 4.00. The minimum Gasteiger partial charge on any atom is -0.299 e. The zero-order valence-corrected chi connectivity index (χ0v) is 11.9. The van der Waals surface area contributed by atoms with Gasteiger partial charge in [0.25, 0.3) is 0 Å². The van der Waals surface area contributed by atoms with E-state index in [2.05, 4.69) is 46.0 Å². The summed E-state index contributed by atoms with van der Waals surface area (Å²) in [5.41, 5.74) is 1.29. The third-order valence-corrected chi connectivity index (χ3v) is 4.56. The van der Waals surface area contributed by atoms with Crippen LogP contribution in [0.15, 0.2) is 28.7 Å². The van der Waals surface area contributed by atoms with Crippen LogP contribution in [-0.2, 0) is 11.3 Å². The summed E-state index contributed by atoms with van der Waals surface area (Å²) in [6.45, 7) is 5.99. The molecule has 1 aliphatic rings. The highest BCUT2D eigenvalue weighted by atomic mass is 79.9. The molecule has 1 aliphatic heterocycles. The number of carbonyl (C=O) groups excluding carboxylic acids is 1. The molecule has 17 heavy (non-hydrogen) atoms. The molecule has 2 unspecified atom stereocenters. The number of Topliss-reactive ketones (excluding diaryl/α,β-unsaturated/α-hetero) is 1. The summed E-state index contributed by atoms with van der Waals surface area (Å²) in [5, 5.41) is 0. The third-order valence-electron chi connectivity index (χ3n) is 3.78. The monoisotopic (exact) mass is 295 g/mol. The predicted molar refractivity (Wildman–Crippen MR) is 72.8 cm³/mol. The number of hydrogen-bond donors (Lipinski definition) is 0. The molecule has 92 valence electrons. The topological polar surface area (TPSA) is 20.3 Å². The van der Waals surface area contributed by atoms with Crippen LogP contribution in [0, 0.1) is 5.92 Å². The fourth-order valence-corrected chi connectivity index (χ4v) is 2.75. The lowest BCUT2D eigenvalue weighted by Gasteiger charge is -2.37. The largest absolute Gasteiger partial charge is 0.299 e. The van der Waals surface area contributed by atoms with Crippen LogP contribution in [0.5, 0.6) is 0 Å². The fourth-order valence-electron chi connectivity index (χ4n) is 2.34. The van der Waals surface area contributed by atoms with Gasteiger partial charge < -0.3 is 0 Å². The van der Waals surface area contributed by atoms with Crippen molar-refractivity contribution in [1.29, 1.82) is 0 Å². The first-order valence-electron chi connectivity index (χ1n) is 6.09. The Morgan fingerprint density at radius 3 is 2.76 bits per heavy atom. The first-order chi connectivity index (χ1) is 8.09. The van der Waals surface area contributed by atoms with E-state index in [9.17, 15) is 4.79 Å². The van der Waals surface area contributed by atoms with Crippen LogP contribution in [0.3, 0.4) is 0 Å². The van der Waals surface area contributed by atoms with Gasteiger partial charge in [-0.3, -0.25) is 9.69 Å². The van der Waals surface area contributed by atoms with Crippen LogP contribution >= 0.6 is 15.9 Å². The summed E-state index contributed by atoms with van der Waals surface area (Å²) >= 11 is 3.58. The van der Waals surface area contributed by atoms with Gasteiger partial charge in [0.2, 0.25) is 0 Å². The smallest absolute Gasteiger partial charge is 0.138 e. The lowest BCUT2D eigenvalue weighted by Crippen LogP contribution is -2.46. The van der Waals surface area contributed by atoms with Gasteiger partial charge in [0.15, 0.2) is 0 Å². The second kappa shape index (κ2) is 5.32. The number of carbonyl (C=O) groups is 1. The van der Waals surface area contributed by atoms with Crippen molar-refractivity contribution in [2.24, 2.45) is 5.92 Å². The molecule has 0 radical (unpaired) electrons. The molecule has 0 N–H and O–H groups in total. The molecule has 2 rings (SSSR count). The SMILES string of the molecule is CC1C(=O)CCN(Cc2ccccc2Br)C1C. The van der Waals surface area contributed by atoms with Crippen molar-refractivity contribution in [2.45, 2.75) is 32.9 Å². The number of benzene rings is 1. The van der Waals surface area contributed by atoms with Gasteiger partial charge >= 0.3 is 0 Å². The second-order valence-electron chi connectivity index (χ2n) is 4.81. The van der Waals surface area contributed by atoms with Crippen LogP contribution in [0.2, 0.25) is 0 Å². The Hall–Kier alpha value is -0.670. The molecule has 1 saturated heterocycles. The van der Waals surface area contributed by atoms with Crippen molar-refractivity contribution in [2.75, 3.05) is 6.54 Å². The van der Waals surface area contributed by atoms with E-state index >= 15 is 0 Å². The molecule has 0 bridgehead atoms. The molecule has 1 aromatic carbocycles. The summed E-state index contributed by atoms with van der Waals surface area (Å²) in [6, 6.07) is 8.63. The fraction of sp³-hybridized carbons (Fsp3) is 0.500. The molecular weight excluding hydrogens is 278 g/mol. The van der Waals surface area contributed by atoms with Crippen molar-refractivity contribution in [1.82, 2.24) is 4.90 Å². The van der Waals surface area contributed by atoms with E-state index in [1.54, 1.807) is 0 Å². The minimum atomic E-state index is 0.159. The Morgan fingerprint density at radius 2 is 2.06 bits per heavy atom. The van der Waals surface area contributed by atoms with Crippen LogP contribution in [-0.4, -0.2) is 23.3 Å². The molecule has 1 heterocycles. The number of hydrogen-bond acceptors (Lipinski definition) is 2. The summed E-state index contributed by atoms with van der Waals surface area (Å²) < 4.78 is 1.15. The van der Waals surface area contributed by atoms with Gasteiger partial charge in [0.1, 0.15) is 5.78 Å². The van der Waals surface area contributed by atoms with E-state index < -0.39 is 0 Å². The summed E-state index contributed by atoms with van der Waals surface area (Å²) in [5.74, 6) is 0.562. The van der Waals surface area contributed by atoms with Crippen LogP contribution in [0.1, 0.15) is 25.8 Å². The van der Waals surface area contributed by atoms with E-state index in [0.29, 0.717) is 18.2 Å². The van der Waals surface area contributed by atoms with E-state index in [1.807, 2.05) is 13.0 Å². The molecule has 1 aromatic rings. The van der Waals surface area contributed by atoms with Gasteiger partial charge in [-0.1, -0.05) is 41.1 Å². The highest BCUT2D eigenvalue weighted by Crippen LogP contribution is 2.24. The number of ketones is 1. The standard InChI is InChI=1S/C14H18BrNO/c1-10-11(2)16(8-7-14(10)17)9-12-5-3-4-6-13(12)15/h3-6,10-11H,7-9H2,1-2H3. The normalized spacial score (nSPS) is 26.2. The minimum absolute atomic E-state index is 0.159. The summed E-state index contributed by atoms with van der Waals surface area (Å²) in [4.78, 5) is 14.0. The van der Waals surface area contributed by atoms with Gasteiger partial charge in [0, 0.05) is 35.9 Å². The first kappa shape index (κ1) is 12.8. The maximum absolute atomic E-state index is 11.6. The van der Waals surface area contributed by atoms with Crippen LogP contribution in [0.25, 0.3) is 0 Å². The van der Waals surface area contributed by atoms with Crippen molar-refractivity contribution in [3.63, 3.8) is 0 Å². The van der Waals surface area contributed by atoms with Crippen LogP contribution in [0.4, 0.5) is 0 Å². The molecule has 0 amide bonds. The first-order valence-corrected chi connectivity index (χ1v) is 6.89. The second-order valence-corrected chi connectivity index (χ2v) is 5.66. The number of rotatable bonds is 2. The van der Waals surface area contributed by atoms with E-state index in [-0.39, 0.29) is 5.92 Å². The van der Waals surface area contributed by atoms with Gasteiger partial charge in [-0.25, -0.2) is 0 Å². The molecule has 0 spiro atoms. The average Bonchev–Trinajstić information content (AvgIpc) is 2.32. The Morgan fingerprint density at radius 1 is 1.35 bits per heavy atom. The molecule has 2 nitrogen and oxygen atoms in total. The van der Waals surface area contributed by atoms with Crippen LogP contribution < -0.4 is 0 Å². The number of likely N-dealkylation sites (tertiary alicyclic amines) is 1. The van der Waals surface area contributed by atoms with Crippen molar-refractivity contribution < 1.29 is 4.79 Å². The highest BCUT2D eigenvalue weighted by Gasteiger charge is 2.30. The molecular formula is C14H18BrNO. The Labute approximate surface area is 111 Å². The predicted octanol–water partition coefficient (Wildman–Crippen LogP) is 3.25. The van der Waals surface area contributed by atoms with E-state index in [4.69, 9.17) is 0 Å². The highest BCUT2D eigenvalue weighted by molar-refractivity contribution is 9.10. The molecule has 0 saturated carbocycles. The van der Waals surface area contributed by atoms with Gasteiger partial charge in [0.05, 0.1) is 0 Å². The molecule has 1 fully saturated rings. The zero-order valence-electron chi connectivity index (χ0n) is 10.3. The lowest BCUT2D eigenvalue weighted by atomic mass is 9.90. The summed E-state index contributed by atoms with van der Waals surface area (Å²) in [6.07, 6.45) is 0.690. The third kappa shape index (κ3) is 2.78. The Balaban J connectivity index is 2.09. The maximum atomic E-state index is 11.6. The molecule has 2 atom stereocenters. The lowest BCUT2D eigenvalue weighted by molar-refractivity contribution is -0.128. The quantitative estimate of drug-likeness (QED) is 0.835. The molecule has 0 aliphatic carbocycles. The molecule has 0 aromatic heterocycles. The molecule has 3 heteroatoms. The maximum Gasteiger partial charge on any atom is 0.138 e. The zero-order chi connectivity index (χ0) is 12.4. The number of halogens is 1.